The van der Waals surface area contributed by atoms with Crippen LogP contribution in [-0.4, -0.2) is 45.7 Å². The molecule has 2 heterocycles. The molecule has 1 fully saturated rings. The van der Waals surface area contributed by atoms with E-state index in [4.69, 9.17) is 10.5 Å². The molecule has 0 aromatic carbocycles. The van der Waals surface area contributed by atoms with Gasteiger partial charge in [0.2, 0.25) is 0 Å². The molecule has 1 aliphatic heterocycles. The zero-order valence-corrected chi connectivity index (χ0v) is 9.17. The van der Waals surface area contributed by atoms with Crippen molar-refractivity contribution in [1.82, 2.24) is 19.9 Å². The first-order valence-corrected chi connectivity index (χ1v) is 5.27. The van der Waals surface area contributed by atoms with Crippen LogP contribution in [0.4, 0.5) is 4.79 Å². The summed E-state index contributed by atoms with van der Waals surface area (Å²) in [7, 11) is 0. The SMILES string of the molecule is CCOC(=O)N1CC(n2cc(CN)nn2)C1. The first-order valence-electron chi connectivity index (χ1n) is 5.27. The van der Waals surface area contributed by atoms with E-state index in [9.17, 15) is 4.79 Å². The molecule has 88 valence electrons. The summed E-state index contributed by atoms with van der Waals surface area (Å²) >= 11 is 0. The van der Waals surface area contributed by atoms with Crippen LogP contribution in [0, 0.1) is 0 Å². The van der Waals surface area contributed by atoms with E-state index in [0.29, 0.717) is 26.2 Å². The van der Waals surface area contributed by atoms with Crippen molar-refractivity contribution in [2.75, 3.05) is 19.7 Å². The Bertz CT molecular complexity index is 372. The highest BCUT2D eigenvalue weighted by Crippen LogP contribution is 2.20. The summed E-state index contributed by atoms with van der Waals surface area (Å²) in [4.78, 5) is 12.9. The molecule has 0 unspecified atom stereocenters. The predicted octanol–water partition coefficient (Wildman–Crippen LogP) is -0.250. The summed E-state index contributed by atoms with van der Waals surface area (Å²) in [6.45, 7) is 3.81. The van der Waals surface area contributed by atoms with Gasteiger partial charge in [-0.15, -0.1) is 5.10 Å². The highest BCUT2D eigenvalue weighted by atomic mass is 16.6. The van der Waals surface area contributed by atoms with Crippen molar-refractivity contribution in [3.63, 3.8) is 0 Å². The number of nitrogens with two attached hydrogens (primary N) is 1. The third-order valence-corrected chi connectivity index (χ3v) is 2.53. The van der Waals surface area contributed by atoms with Crippen molar-refractivity contribution >= 4 is 6.09 Å². The molecular formula is C9H15N5O2. The van der Waals surface area contributed by atoms with Gasteiger partial charge in [0, 0.05) is 19.6 Å². The summed E-state index contributed by atoms with van der Waals surface area (Å²) < 4.78 is 6.63. The quantitative estimate of drug-likeness (QED) is 0.766. The number of rotatable bonds is 3. The molecule has 1 amide bonds. The average Bonchev–Trinajstić information content (AvgIpc) is 2.64. The van der Waals surface area contributed by atoms with Gasteiger partial charge in [0.15, 0.2) is 0 Å². The minimum atomic E-state index is -0.266. The Hall–Kier alpha value is -1.63. The summed E-state index contributed by atoms with van der Waals surface area (Å²) in [5, 5.41) is 7.85. The minimum Gasteiger partial charge on any atom is -0.450 e. The van der Waals surface area contributed by atoms with E-state index in [0.717, 1.165) is 5.69 Å². The third kappa shape index (κ3) is 1.99. The smallest absolute Gasteiger partial charge is 0.409 e. The lowest BCUT2D eigenvalue weighted by atomic mass is 10.1. The fourth-order valence-corrected chi connectivity index (χ4v) is 1.57. The Morgan fingerprint density at radius 1 is 1.69 bits per heavy atom. The van der Waals surface area contributed by atoms with E-state index >= 15 is 0 Å². The average molecular weight is 225 g/mol. The molecule has 0 atom stereocenters. The number of hydrogen-bond acceptors (Lipinski definition) is 5. The van der Waals surface area contributed by atoms with E-state index in [1.807, 2.05) is 6.20 Å². The van der Waals surface area contributed by atoms with E-state index < -0.39 is 0 Å². The topological polar surface area (TPSA) is 86.3 Å². The Labute approximate surface area is 93.2 Å². The summed E-state index contributed by atoms with van der Waals surface area (Å²) in [5.41, 5.74) is 6.20. The monoisotopic (exact) mass is 225 g/mol. The van der Waals surface area contributed by atoms with Crippen LogP contribution in [-0.2, 0) is 11.3 Å². The normalized spacial score (nSPS) is 16.0. The molecule has 0 spiro atoms. The fraction of sp³-hybridized carbons (Fsp3) is 0.667. The number of hydrogen-bond donors (Lipinski definition) is 1. The minimum absolute atomic E-state index is 0.192. The van der Waals surface area contributed by atoms with Crippen LogP contribution >= 0.6 is 0 Å². The summed E-state index contributed by atoms with van der Waals surface area (Å²) in [6.07, 6.45) is 1.55. The van der Waals surface area contributed by atoms with Crippen molar-refractivity contribution in [2.24, 2.45) is 5.73 Å². The second-order valence-electron chi connectivity index (χ2n) is 3.65. The maximum Gasteiger partial charge on any atom is 0.409 e. The predicted molar refractivity (Wildman–Crippen MR) is 55.5 cm³/mol. The Kier molecular flexibility index (Phi) is 3.04. The van der Waals surface area contributed by atoms with E-state index in [-0.39, 0.29) is 12.1 Å². The number of likely N-dealkylation sites (tertiary alicyclic amines) is 1. The first-order chi connectivity index (χ1) is 7.74. The zero-order chi connectivity index (χ0) is 11.5. The molecule has 1 aromatic rings. The van der Waals surface area contributed by atoms with Gasteiger partial charge in [-0.3, -0.25) is 0 Å². The number of aromatic nitrogens is 3. The summed E-state index contributed by atoms with van der Waals surface area (Å²) in [6, 6.07) is 0.192. The van der Waals surface area contributed by atoms with Gasteiger partial charge in [0.1, 0.15) is 0 Å². The van der Waals surface area contributed by atoms with E-state index in [1.54, 1.807) is 16.5 Å². The number of carbonyl (C=O) groups excluding carboxylic acids is 1. The lowest BCUT2D eigenvalue weighted by molar-refractivity contribution is 0.0564. The van der Waals surface area contributed by atoms with Crippen molar-refractivity contribution in [2.45, 2.75) is 19.5 Å². The third-order valence-electron chi connectivity index (χ3n) is 2.53. The zero-order valence-electron chi connectivity index (χ0n) is 9.17. The van der Waals surface area contributed by atoms with Crippen LogP contribution in [0.3, 0.4) is 0 Å². The van der Waals surface area contributed by atoms with Crippen LogP contribution in [0.25, 0.3) is 0 Å². The molecule has 0 saturated carbocycles. The molecule has 1 aromatic heterocycles. The Morgan fingerprint density at radius 2 is 2.44 bits per heavy atom. The molecule has 7 nitrogen and oxygen atoms in total. The maximum absolute atomic E-state index is 11.3. The molecule has 2 N–H and O–H groups in total. The lowest BCUT2D eigenvalue weighted by Gasteiger charge is -2.37. The van der Waals surface area contributed by atoms with Crippen molar-refractivity contribution < 1.29 is 9.53 Å². The molecule has 1 saturated heterocycles. The Morgan fingerprint density at radius 3 is 3.00 bits per heavy atom. The van der Waals surface area contributed by atoms with Crippen molar-refractivity contribution in [3.05, 3.63) is 11.9 Å². The molecule has 0 bridgehead atoms. The van der Waals surface area contributed by atoms with Gasteiger partial charge >= 0.3 is 6.09 Å². The molecule has 0 radical (unpaired) electrons. The number of carbonyl (C=O) groups is 1. The molecule has 7 heteroatoms. The molecule has 1 aliphatic rings. The van der Waals surface area contributed by atoms with Crippen molar-refractivity contribution in [3.8, 4) is 0 Å². The van der Waals surface area contributed by atoms with Crippen LogP contribution in [0.5, 0.6) is 0 Å². The highest BCUT2D eigenvalue weighted by molar-refractivity contribution is 5.68. The van der Waals surface area contributed by atoms with Gasteiger partial charge < -0.3 is 15.4 Å². The standard InChI is InChI=1S/C9H15N5O2/c1-2-16-9(15)13-5-8(6-13)14-4-7(3-10)11-12-14/h4,8H,2-3,5-6,10H2,1H3. The van der Waals surface area contributed by atoms with E-state index in [1.165, 1.54) is 0 Å². The van der Waals surface area contributed by atoms with Gasteiger partial charge in [0.25, 0.3) is 0 Å². The van der Waals surface area contributed by atoms with Crippen LogP contribution in [0.1, 0.15) is 18.7 Å². The molecule has 2 rings (SSSR count). The van der Waals surface area contributed by atoms with Gasteiger partial charge in [0.05, 0.1) is 24.5 Å². The molecule has 0 aliphatic carbocycles. The molecule has 16 heavy (non-hydrogen) atoms. The largest absolute Gasteiger partial charge is 0.450 e. The number of ether oxygens (including phenoxy) is 1. The van der Waals surface area contributed by atoms with Crippen LogP contribution in [0.2, 0.25) is 0 Å². The Balaban J connectivity index is 1.86. The maximum atomic E-state index is 11.3. The second kappa shape index (κ2) is 4.48. The van der Waals surface area contributed by atoms with Gasteiger partial charge in [-0.1, -0.05) is 5.21 Å². The first kappa shape index (κ1) is 10.9. The van der Waals surface area contributed by atoms with Gasteiger partial charge in [-0.2, -0.15) is 0 Å². The molecular weight excluding hydrogens is 210 g/mol. The van der Waals surface area contributed by atoms with Crippen LogP contribution in [0.15, 0.2) is 6.20 Å². The van der Waals surface area contributed by atoms with Gasteiger partial charge in [-0.05, 0) is 6.92 Å². The number of nitrogens with zero attached hydrogens (tertiary/aromatic N) is 4. The van der Waals surface area contributed by atoms with Crippen molar-refractivity contribution in [1.29, 1.82) is 0 Å². The highest BCUT2D eigenvalue weighted by Gasteiger charge is 2.33. The van der Waals surface area contributed by atoms with E-state index in [2.05, 4.69) is 10.3 Å². The number of amides is 1. The fourth-order valence-electron chi connectivity index (χ4n) is 1.57. The summed E-state index contributed by atoms with van der Waals surface area (Å²) in [5.74, 6) is 0. The van der Waals surface area contributed by atoms with Crippen LogP contribution < -0.4 is 5.73 Å². The van der Waals surface area contributed by atoms with Gasteiger partial charge in [-0.25, -0.2) is 9.48 Å². The second-order valence-corrected chi connectivity index (χ2v) is 3.65. The lowest BCUT2D eigenvalue weighted by Crippen LogP contribution is -2.51.